The normalized spacial score (nSPS) is 10.6. The third-order valence-corrected chi connectivity index (χ3v) is 3.52. The monoisotopic (exact) mass is 316 g/mol. The second-order valence-corrected chi connectivity index (χ2v) is 5.18. The molecule has 7 nitrogen and oxygen atoms in total. The molecule has 0 bridgehead atoms. The molecule has 0 aliphatic rings. The van der Waals surface area contributed by atoms with Crippen molar-refractivity contribution in [3.63, 3.8) is 0 Å². The van der Waals surface area contributed by atoms with Crippen LogP contribution in [0.15, 0.2) is 65.6 Å². The summed E-state index contributed by atoms with van der Waals surface area (Å²) in [5, 5.41) is 21.4. The number of nitriles is 1. The fraction of sp³-hybridized carbons (Fsp3) is 0.0588. The topological polar surface area (TPSA) is 85.5 Å². The largest absolute Gasteiger partial charge is 0.419 e. The van der Waals surface area contributed by atoms with Crippen LogP contribution in [0.1, 0.15) is 11.5 Å². The number of hydrogen-bond donors (Lipinski definition) is 0. The maximum atomic E-state index is 8.96. The fourth-order valence-electron chi connectivity index (χ4n) is 2.37. The molecule has 0 fully saturated rings. The summed E-state index contributed by atoms with van der Waals surface area (Å²) in [7, 11) is 0. The lowest BCUT2D eigenvalue weighted by atomic mass is 10.1. The summed E-state index contributed by atoms with van der Waals surface area (Å²) < 4.78 is 9.38. The van der Waals surface area contributed by atoms with Gasteiger partial charge in [-0.05, 0) is 30.3 Å². The van der Waals surface area contributed by atoms with Crippen molar-refractivity contribution in [2.24, 2.45) is 0 Å². The molecular weight excluding hydrogens is 304 g/mol. The van der Waals surface area contributed by atoms with Crippen LogP contribution in [0.5, 0.6) is 0 Å². The van der Waals surface area contributed by atoms with E-state index >= 15 is 0 Å². The number of aromatic nitrogens is 5. The van der Waals surface area contributed by atoms with Crippen LogP contribution in [-0.2, 0) is 6.54 Å². The van der Waals surface area contributed by atoms with Crippen molar-refractivity contribution in [3.8, 4) is 23.2 Å². The lowest BCUT2D eigenvalue weighted by Crippen LogP contribution is -2.00. The second kappa shape index (κ2) is 5.85. The predicted octanol–water partition coefficient (Wildman–Crippen LogP) is 2.64. The van der Waals surface area contributed by atoms with E-state index < -0.39 is 0 Å². The Hall–Kier alpha value is -3.66. The van der Waals surface area contributed by atoms with Gasteiger partial charge in [-0.2, -0.15) is 10.4 Å². The van der Waals surface area contributed by atoms with E-state index in [1.165, 1.54) is 0 Å². The molecule has 0 N–H and O–H groups in total. The Bertz CT molecular complexity index is 1010. The molecule has 0 aliphatic heterocycles. The van der Waals surface area contributed by atoms with Crippen LogP contribution in [0.4, 0.5) is 0 Å². The molecule has 0 atom stereocenters. The highest BCUT2D eigenvalue weighted by molar-refractivity contribution is 5.55. The molecule has 0 radical (unpaired) electrons. The van der Waals surface area contributed by atoms with Gasteiger partial charge in [0.1, 0.15) is 6.54 Å². The molecule has 116 valence electrons. The van der Waals surface area contributed by atoms with Crippen molar-refractivity contribution in [2.75, 3.05) is 0 Å². The van der Waals surface area contributed by atoms with Crippen molar-refractivity contribution in [2.45, 2.75) is 6.54 Å². The molecule has 0 amide bonds. The first kappa shape index (κ1) is 14.0. The van der Waals surface area contributed by atoms with Gasteiger partial charge in [0.15, 0.2) is 0 Å². The van der Waals surface area contributed by atoms with Crippen molar-refractivity contribution in [3.05, 3.63) is 72.6 Å². The molecule has 4 rings (SSSR count). The van der Waals surface area contributed by atoms with E-state index in [1.54, 1.807) is 29.1 Å². The SMILES string of the molecule is N#Cc1cccc(-c2nnc(Cn3cc(-n4cccc4)cn3)o2)c1. The number of benzene rings is 1. The van der Waals surface area contributed by atoms with Gasteiger partial charge in [0, 0.05) is 24.2 Å². The number of rotatable bonds is 4. The van der Waals surface area contributed by atoms with Crippen LogP contribution in [0.2, 0.25) is 0 Å². The van der Waals surface area contributed by atoms with Gasteiger partial charge in [0.2, 0.25) is 11.8 Å². The molecule has 7 heteroatoms. The zero-order chi connectivity index (χ0) is 16.4. The molecule has 1 aromatic carbocycles. The Kier molecular flexibility index (Phi) is 3.41. The first-order valence-electron chi connectivity index (χ1n) is 7.30. The molecule has 0 aliphatic carbocycles. The van der Waals surface area contributed by atoms with Crippen molar-refractivity contribution in [1.82, 2.24) is 24.5 Å². The van der Waals surface area contributed by atoms with Gasteiger partial charge >= 0.3 is 0 Å². The summed E-state index contributed by atoms with van der Waals surface area (Å²) in [5.41, 5.74) is 2.23. The van der Waals surface area contributed by atoms with Gasteiger partial charge < -0.3 is 8.98 Å². The first-order chi connectivity index (χ1) is 11.8. The van der Waals surface area contributed by atoms with E-state index in [4.69, 9.17) is 9.68 Å². The minimum Gasteiger partial charge on any atom is -0.419 e. The predicted molar refractivity (Wildman–Crippen MR) is 85.1 cm³/mol. The lowest BCUT2D eigenvalue weighted by molar-refractivity contribution is 0.474. The summed E-state index contributed by atoms with van der Waals surface area (Å²) in [4.78, 5) is 0. The minimum absolute atomic E-state index is 0.381. The molecule has 0 saturated heterocycles. The first-order valence-corrected chi connectivity index (χ1v) is 7.30. The Morgan fingerprint density at radius 1 is 1.12 bits per heavy atom. The van der Waals surface area contributed by atoms with Gasteiger partial charge in [-0.1, -0.05) is 6.07 Å². The van der Waals surface area contributed by atoms with Crippen LogP contribution >= 0.6 is 0 Å². The van der Waals surface area contributed by atoms with E-state index in [2.05, 4.69) is 21.4 Å². The van der Waals surface area contributed by atoms with E-state index in [1.807, 2.05) is 41.4 Å². The van der Waals surface area contributed by atoms with E-state index in [9.17, 15) is 0 Å². The van der Waals surface area contributed by atoms with Gasteiger partial charge in [0.25, 0.3) is 0 Å². The van der Waals surface area contributed by atoms with Crippen molar-refractivity contribution in [1.29, 1.82) is 5.26 Å². The van der Waals surface area contributed by atoms with Gasteiger partial charge in [-0.15, -0.1) is 10.2 Å². The van der Waals surface area contributed by atoms with Crippen LogP contribution in [-0.4, -0.2) is 24.5 Å². The average Bonchev–Trinajstić information content (AvgIpc) is 3.36. The molecule has 3 heterocycles. The van der Waals surface area contributed by atoms with Gasteiger partial charge in [0.05, 0.1) is 23.5 Å². The van der Waals surface area contributed by atoms with E-state index in [0.717, 1.165) is 11.3 Å². The fourth-order valence-corrected chi connectivity index (χ4v) is 2.37. The molecule has 4 aromatic rings. The third kappa shape index (κ3) is 2.68. The number of hydrogen-bond acceptors (Lipinski definition) is 5. The second-order valence-electron chi connectivity index (χ2n) is 5.18. The quantitative estimate of drug-likeness (QED) is 0.578. The standard InChI is InChI=1S/C17H12N6O/c18-9-13-4-3-5-14(8-13)17-21-20-16(24-17)12-23-11-15(10-19-23)22-6-1-2-7-22/h1-8,10-11H,12H2. The van der Waals surface area contributed by atoms with Crippen LogP contribution in [0.25, 0.3) is 17.1 Å². The molecule has 0 unspecified atom stereocenters. The van der Waals surface area contributed by atoms with Crippen LogP contribution in [0, 0.1) is 11.3 Å². The smallest absolute Gasteiger partial charge is 0.247 e. The molecule has 3 aromatic heterocycles. The highest BCUT2D eigenvalue weighted by Gasteiger charge is 2.10. The highest BCUT2D eigenvalue weighted by Crippen LogP contribution is 2.19. The number of nitrogens with zero attached hydrogens (tertiary/aromatic N) is 6. The van der Waals surface area contributed by atoms with Crippen LogP contribution in [0.3, 0.4) is 0 Å². The minimum atomic E-state index is 0.381. The summed E-state index contributed by atoms with van der Waals surface area (Å²) in [5.74, 6) is 0.842. The Labute approximate surface area is 137 Å². The third-order valence-electron chi connectivity index (χ3n) is 3.52. The van der Waals surface area contributed by atoms with Gasteiger partial charge in [-0.25, -0.2) is 0 Å². The zero-order valence-corrected chi connectivity index (χ0v) is 12.6. The summed E-state index contributed by atoms with van der Waals surface area (Å²) in [6.45, 7) is 0.381. The van der Waals surface area contributed by atoms with E-state index in [-0.39, 0.29) is 0 Å². The Morgan fingerprint density at radius 2 is 2.00 bits per heavy atom. The zero-order valence-electron chi connectivity index (χ0n) is 12.6. The lowest BCUT2D eigenvalue weighted by Gasteiger charge is -1.97. The molecule has 24 heavy (non-hydrogen) atoms. The van der Waals surface area contributed by atoms with Crippen LogP contribution < -0.4 is 0 Å². The van der Waals surface area contributed by atoms with E-state index in [0.29, 0.717) is 23.9 Å². The maximum absolute atomic E-state index is 8.96. The van der Waals surface area contributed by atoms with Crippen molar-refractivity contribution < 1.29 is 4.42 Å². The molecular formula is C17H12N6O. The highest BCUT2D eigenvalue weighted by atomic mass is 16.4. The Morgan fingerprint density at radius 3 is 2.83 bits per heavy atom. The average molecular weight is 316 g/mol. The summed E-state index contributed by atoms with van der Waals surface area (Å²) in [6, 6.07) is 13.1. The summed E-state index contributed by atoms with van der Waals surface area (Å²) >= 11 is 0. The maximum Gasteiger partial charge on any atom is 0.247 e. The summed E-state index contributed by atoms with van der Waals surface area (Å²) in [6.07, 6.45) is 7.58. The van der Waals surface area contributed by atoms with Gasteiger partial charge in [-0.3, -0.25) is 4.68 Å². The Balaban J connectivity index is 1.54. The molecule has 0 saturated carbocycles. The molecule has 0 spiro atoms. The van der Waals surface area contributed by atoms with Crippen molar-refractivity contribution >= 4 is 0 Å².